The second-order valence-electron chi connectivity index (χ2n) is 3.98. The number of ketones is 1. The standard InChI is InChI=1S/C11H17NO3/c1-8(9(2)13)12-15-11(14)10-6-4-3-5-7-10/h10H,3-7H2,1-2H3/b12-8-. The maximum Gasteiger partial charge on any atom is 0.338 e. The van der Waals surface area contributed by atoms with Crippen molar-refractivity contribution in [2.24, 2.45) is 11.1 Å². The Labute approximate surface area is 89.7 Å². The van der Waals surface area contributed by atoms with E-state index in [4.69, 9.17) is 4.84 Å². The Kier molecular flexibility index (Phi) is 4.46. The number of nitrogens with zero attached hydrogens (tertiary/aromatic N) is 1. The molecule has 0 unspecified atom stereocenters. The van der Waals surface area contributed by atoms with Gasteiger partial charge in [0.2, 0.25) is 0 Å². The first-order valence-corrected chi connectivity index (χ1v) is 5.37. The van der Waals surface area contributed by atoms with Crippen molar-refractivity contribution in [1.82, 2.24) is 0 Å². The third-order valence-electron chi connectivity index (χ3n) is 2.72. The molecule has 1 rings (SSSR count). The average molecular weight is 211 g/mol. The zero-order chi connectivity index (χ0) is 11.3. The highest BCUT2D eigenvalue weighted by Gasteiger charge is 2.22. The number of hydrogen-bond acceptors (Lipinski definition) is 4. The lowest BCUT2D eigenvalue weighted by Crippen LogP contribution is -2.19. The van der Waals surface area contributed by atoms with Gasteiger partial charge in [-0.3, -0.25) is 4.79 Å². The maximum atomic E-state index is 11.5. The summed E-state index contributed by atoms with van der Waals surface area (Å²) in [6.45, 7) is 2.93. The molecule has 0 aromatic rings. The van der Waals surface area contributed by atoms with E-state index in [1.165, 1.54) is 20.3 Å². The molecule has 84 valence electrons. The fraction of sp³-hybridized carbons (Fsp3) is 0.727. The van der Waals surface area contributed by atoms with Crippen molar-refractivity contribution in [3.63, 3.8) is 0 Å². The van der Waals surface area contributed by atoms with E-state index in [-0.39, 0.29) is 23.4 Å². The molecular formula is C11H17NO3. The predicted octanol–water partition coefficient (Wildman–Crippen LogP) is 2.07. The van der Waals surface area contributed by atoms with Gasteiger partial charge in [0.1, 0.15) is 5.71 Å². The molecule has 1 aliphatic rings. The molecule has 0 aromatic heterocycles. The molecule has 0 aliphatic heterocycles. The average Bonchev–Trinajstić information content (AvgIpc) is 2.26. The molecule has 0 atom stereocenters. The quantitative estimate of drug-likeness (QED) is 0.408. The first-order chi connectivity index (χ1) is 7.11. The molecule has 0 aromatic carbocycles. The number of carbonyl (C=O) groups excluding carboxylic acids is 2. The second kappa shape index (κ2) is 5.63. The fourth-order valence-electron chi connectivity index (χ4n) is 1.59. The molecule has 1 fully saturated rings. The smallest absolute Gasteiger partial charge is 0.318 e. The summed E-state index contributed by atoms with van der Waals surface area (Å²) in [5.41, 5.74) is 0.235. The molecular weight excluding hydrogens is 194 g/mol. The lowest BCUT2D eigenvalue weighted by molar-refractivity contribution is -0.149. The van der Waals surface area contributed by atoms with Gasteiger partial charge in [0.25, 0.3) is 0 Å². The maximum absolute atomic E-state index is 11.5. The Balaban J connectivity index is 2.41. The Morgan fingerprint density at radius 3 is 2.27 bits per heavy atom. The van der Waals surface area contributed by atoms with Gasteiger partial charge in [-0.2, -0.15) is 0 Å². The highest BCUT2D eigenvalue weighted by atomic mass is 16.7. The number of oxime groups is 1. The van der Waals surface area contributed by atoms with Crippen LogP contribution in [-0.2, 0) is 14.4 Å². The molecule has 0 spiro atoms. The molecule has 0 heterocycles. The third kappa shape index (κ3) is 3.81. The van der Waals surface area contributed by atoms with Crippen LogP contribution in [0.5, 0.6) is 0 Å². The van der Waals surface area contributed by atoms with Crippen molar-refractivity contribution in [2.45, 2.75) is 46.0 Å². The lowest BCUT2D eigenvalue weighted by Gasteiger charge is -2.17. The summed E-state index contributed by atoms with van der Waals surface area (Å²) < 4.78 is 0. The van der Waals surface area contributed by atoms with Gasteiger partial charge >= 0.3 is 5.97 Å². The molecule has 1 aliphatic carbocycles. The van der Waals surface area contributed by atoms with E-state index in [2.05, 4.69) is 5.16 Å². The number of hydrogen-bond donors (Lipinski definition) is 0. The van der Waals surface area contributed by atoms with Crippen molar-refractivity contribution < 1.29 is 14.4 Å². The number of Topliss-reactive ketones (excluding diaryl/α,β-unsaturated/α-hetero) is 1. The van der Waals surface area contributed by atoms with Crippen molar-refractivity contribution in [2.75, 3.05) is 0 Å². The van der Waals surface area contributed by atoms with Crippen molar-refractivity contribution in [3.8, 4) is 0 Å². The van der Waals surface area contributed by atoms with E-state index >= 15 is 0 Å². The van der Waals surface area contributed by atoms with Crippen LogP contribution in [0.4, 0.5) is 0 Å². The largest absolute Gasteiger partial charge is 0.338 e. The highest BCUT2D eigenvalue weighted by Crippen LogP contribution is 2.24. The Morgan fingerprint density at radius 1 is 1.13 bits per heavy atom. The van der Waals surface area contributed by atoms with E-state index in [0.29, 0.717) is 0 Å². The second-order valence-corrected chi connectivity index (χ2v) is 3.98. The van der Waals surface area contributed by atoms with Crippen LogP contribution >= 0.6 is 0 Å². The van der Waals surface area contributed by atoms with Crippen molar-refractivity contribution in [1.29, 1.82) is 0 Å². The summed E-state index contributed by atoms with van der Waals surface area (Å²) in [6.07, 6.45) is 5.12. The van der Waals surface area contributed by atoms with Crippen LogP contribution in [0.15, 0.2) is 5.16 Å². The van der Waals surface area contributed by atoms with Gasteiger partial charge in [0.15, 0.2) is 5.78 Å². The summed E-state index contributed by atoms with van der Waals surface area (Å²) >= 11 is 0. The van der Waals surface area contributed by atoms with Crippen LogP contribution in [0.3, 0.4) is 0 Å². The van der Waals surface area contributed by atoms with Gasteiger partial charge in [0.05, 0.1) is 5.92 Å². The predicted molar refractivity (Wildman–Crippen MR) is 56.5 cm³/mol. The van der Waals surface area contributed by atoms with Crippen LogP contribution in [0.1, 0.15) is 46.0 Å². The van der Waals surface area contributed by atoms with E-state index in [0.717, 1.165) is 25.7 Å². The summed E-state index contributed by atoms with van der Waals surface area (Å²) in [7, 11) is 0. The van der Waals surface area contributed by atoms with Crippen LogP contribution in [-0.4, -0.2) is 17.5 Å². The van der Waals surface area contributed by atoms with Crippen molar-refractivity contribution >= 4 is 17.5 Å². The number of rotatable bonds is 3. The summed E-state index contributed by atoms with van der Waals surface area (Å²) in [5, 5.41) is 3.52. The van der Waals surface area contributed by atoms with E-state index in [9.17, 15) is 9.59 Å². The van der Waals surface area contributed by atoms with E-state index < -0.39 is 0 Å². The molecule has 4 nitrogen and oxygen atoms in total. The molecule has 0 amide bonds. The molecule has 0 N–H and O–H groups in total. The van der Waals surface area contributed by atoms with Crippen LogP contribution in [0.2, 0.25) is 0 Å². The van der Waals surface area contributed by atoms with Crippen LogP contribution in [0.25, 0.3) is 0 Å². The molecule has 0 bridgehead atoms. The topological polar surface area (TPSA) is 55.7 Å². The lowest BCUT2D eigenvalue weighted by atomic mass is 9.89. The molecule has 0 saturated heterocycles. The van der Waals surface area contributed by atoms with Crippen molar-refractivity contribution in [3.05, 3.63) is 0 Å². The normalized spacial score (nSPS) is 18.7. The third-order valence-corrected chi connectivity index (χ3v) is 2.72. The van der Waals surface area contributed by atoms with Gasteiger partial charge < -0.3 is 4.84 Å². The van der Waals surface area contributed by atoms with Gasteiger partial charge in [-0.25, -0.2) is 4.79 Å². The fourth-order valence-corrected chi connectivity index (χ4v) is 1.59. The Bertz CT molecular complexity index is 278. The Morgan fingerprint density at radius 2 is 1.73 bits per heavy atom. The summed E-state index contributed by atoms with van der Waals surface area (Å²) in [5.74, 6) is -0.496. The number of carbonyl (C=O) groups is 2. The van der Waals surface area contributed by atoms with Crippen LogP contribution < -0.4 is 0 Å². The van der Waals surface area contributed by atoms with Crippen LogP contribution in [0, 0.1) is 5.92 Å². The highest BCUT2D eigenvalue weighted by molar-refractivity contribution is 6.37. The van der Waals surface area contributed by atoms with E-state index in [1.54, 1.807) is 0 Å². The Hall–Kier alpha value is -1.19. The molecule has 15 heavy (non-hydrogen) atoms. The minimum Gasteiger partial charge on any atom is -0.318 e. The monoisotopic (exact) mass is 211 g/mol. The molecule has 1 saturated carbocycles. The zero-order valence-electron chi connectivity index (χ0n) is 9.28. The van der Waals surface area contributed by atoms with Gasteiger partial charge in [-0.05, 0) is 19.8 Å². The van der Waals surface area contributed by atoms with E-state index in [1.807, 2.05) is 0 Å². The van der Waals surface area contributed by atoms with Gasteiger partial charge in [-0.1, -0.05) is 24.4 Å². The zero-order valence-corrected chi connectivity index (χ0v) is 9.28. The first kappa shape index (κ1) is 11.9. The van der Waals surface area contributed by atoms with Gasteiger partial charge in [0, 0.05) is 6.92 Å². The van der Waals surface area contributed by atoms with Gasteiger partial charge in [-0.15, -0.1) is 0 Å². The molecule has 0 radical (unpaired) electrons. The summed E-state index contributed by atoms with van der Waals surface area (Å²) in [4.78, 5) is 27.0. The first-order valence-electron chi connectivity index (χ1n) is 5.37. The molecule has 4 heteroatoms. The summed E-state index contributed by atoms with van der Waals surface area (Å²) in [6, 6.07) is 0. The minimum absolute atomic E-state index is 0.0257. The SMILES string of the molecule is CC(=O)/C(C)=N\OC(=O)C1CCCCC1. The minimum atomic E-state index is -0.296.